The lowest BCUT2D eigenvalue weighted by atomic mass is 10.1. The summed E-state index contributed by atoms with van der Waals surface area (Å²) in [6, 6.07) is 6.43. The second-order valence-electron chi connectivity index (χ2n) is 4.39. The van der Waals surface area contributed by atoms with Crippen LogP contribution in [0.3, 0.4) is 0 Å². The van der Waals surface area contributed by atoms with Crippen LogP contribution in [0.4, 0.5) is 11.4 Å². The minimum Gasteiger partial charge on any atom is -0.381 e. The molecule has 90 valence electrons. The molecule has 0 aliphatic heterocycles. The Balaban J connectivity index is 2.87. The molecule has 0 saturated carbocycles. The van der Waals surface area contributed by atoms with Gasteiger partial charge in [-0.3, -0.25) is 0 Å². The van der Waals surface area contributed by atoms with Gasteiger partial charge in [-0.1, -0.05) is 24.9 Å². The molecule has 0 aliphatic carbocycles. The van der Waals surface area contributed by atoms with Crippen molar-refractivity contribution in [1.29, 1.82) is 0 Å². The summed E-state index contributed by atoms with van der Waals surface area (Å²) in [5.74, 6) is 0. The van der Waals surface area contributed by atoms with Gasteiger partial charge >= 0.3 is 0 Å². The zero-order chi connectivity index (χ0) is 12.1. The first kappa shape index (κ1) is 13.2. The Morgan fingerprint density at radius 1 is 1.38 bits per heavy atom. The lowest BCUT2D eigenvalue weighted by Crippen LogP contribution is -2.18. The van der Waals surface area contributed by atoms with Crippen LogP contribution in [-0.4, -0.2) is 20.1 Å². The van der Waals surface area contributed by atoms with E-state index in [-0.39, 0.29) is 0 Å². The molecule has 0 aromatic heterocycles. The van der Waals surface area contributed by atoms with E-state index >= 15 is 0 Å². The predicted molar refractivity (Wildman–Crippen MR) is 73.8 cm³/mol. The SMILES string of the molecule is CCCC(C)Nc1cc(Cl)ccc1N(C)C. The summed E-state index contributed by atoms with van der Waals surface area (Å²) in [4.78, 5) is 2.09. The monoisotopic (exact) mass is 240 g/mol. The molecule has 1 aromatic carbocycles. The van der Waals surface area contributed by atoms with Crippen molar-refractivity contribution in [3.8, 4) is 0 Å². The van der Waals surface area contributed by atoms with Crippen LogP contribution in [-0.2, 0) is 0 Å². The number of benzene rings is 1. The van der Waals surface area contributed by atoms with Gasteiger partial charge < -0.3 is 10.2 Å². The van der Waals surface area contributed by atoms with Gasteiger partial charge in [0, 0.05) is 25.2 Å². The first-order chi connectivity index (χ1) is 7.54. The van der Waals surface area contributed by atoms with Crippen LogP contribution >= 0.6 is 11.6 Å². The summed E-state index contributed by atoms with van der Waals surface area (Å²) in [7, 11) is 4.08. The molecule has 0 heterocycles. The van der Waals surface area contributed by atoms with Crippen LogP contribution in [0.1, 0.15) is 26.7 Å². The summed E-state index contributed by atoms with van der Waals surface area (Å²) in [6.07, 6.45) is 2.35. The highest BCUT2D eigenvalue weighted by Crippen LogP contribution is 2.28. The Labute approximate surface area is 104 Å². The van der Waals surface area contributed by atoms with E-state index in [4.69, 9.17) is 11.6 Å². The van der Waals surface area contributed by atoms with Crippen molar-refractivity contribution in [3.05, 3.63) is 23.2 Å². The lowest BCUT2D eigenvalue weighted by molar-refractivity contribution is 0.690. The van der Waals surface area contributed by atoms with E-state index in [1.54, 1.807) is 0 Å². The average molecular weight is 241 g/mol. The number of halogens is 1. The van der Waals surface area contributed by atoms with Gasteiger partial charge in [0.1, 0.15) is 0 Å². The van der Waals surface area contributed by atoms with Gasteiger partial charge in [0.15, 0.2) is 0 Å². The van der Waals surface area contributed by atoms with Crippen molar-refractivity contribution in [1.82, 2.24) is 0 Å². The third-order valence-corrected chi connectivity index (χ3v) is 2.80. The lowest BCUT2D eigenvalue weighted by Gasteiger charge is -2.22. The zero-order valence-electron chi connectivity index (χ0n) is 10.5. The first-order valence-electron chi connectivity index (χ1n) is 5.78. The summed E-state index contributed by atoms with van der Waals surface area (Å²) in [5, 5.41) is 4.28. The summed E-state index contributed by atoms with van der Waals surface area (Å²) >= 11 is 6.02. The first-order valence-corrected chi connectivity index (χ1v) is 6.15. The Kier molecular flexibility index (Phi) is 4.94. The van der Waals surface area contributed by atoms with Crippen LogP contribution in [0.5, 0.6) is 0 Å². The maximum absolute atomic E-state index is 6.02. The summed E-state index contributed by atoms with van der Waals surface area (Å²) in [6.45, 7) is 4.40. The number of rotatable bonds is 5. The molecule has 1 N–H and O–H groups in total. The van der Waals surface area contributed by atoms with Gasteiger partial charge in [0.2, 0.25) is 0 Å². The van der Waals surface area contributed by atoms with Crippen molar-refractivity contribution in [2.75, 3.05) is 24.3 Å². The zero-order valence-corrected chi connectivity index (χ0v) is 11.3. The number of anilines is 2. The second-order valence-corrected chi connectivity index (χ2v) is 4.83. The van der Waals surface area contributed by atoms with Gasteiger partial charge in [0.05, 0.1) is 11.4 Å². The van der Waals surface area contributed by atoms with Crippen molar-refractivity contribution < 1.29 is 0 Å². The van der Waals surface area contributed by atoms with Gasteiger partial charge in [-0.15, -0.1) is 0 Å². The Hall–Kier alpha value is -0.890. The molecule has 16 heavy (non-hydrogen) atoms. The van der Waals surface area contributed by atoms with Crippen molar-refractivity contribution in [2.24, 2.45) is 0 Å². The Morgan fingerprint density at radius 2 is 2.06 bits per heavy atom. The summed E-state index contributed by atoms with van der Waals surface area (Å²) < 4.78 is 0. The van der Waals surface area contributed by atoms with Gasteiger partial charge in [-0.2, -0.15) is 0 Å². The standard InChI is InChI=1S/C13H21ClN2/c1-5-6-10(2)15-12-9-11(14)7-8-13(12)16(3)4/h7-10,15H,5-6H2,1-4H3. The minimum atomic E-state index is 0.474. The molecule has 0 bridgehead atoms. The molecule has 1 aromatic rings. The van der Waals surface area contributed by atoms with E-state index in [1.165, 1.54) is 18.5 Å². The molecule has 0 aliphatic rings. The molecule has 1 atom stereocenters. The van der Waals surface area contributed by atoms with E-state index in [1.807, 2.05) is 32.3 Å². The molecule has 3 heteroatoms. The van der Waals surface area contributed by atoms with Gasteiger partial charge in [0.25, 0.3) is 0 Å². The molecule has 2 nitrogen and oxygen atoms in total. The van der Waals surface area contributed by atoms with E-state index in [2.05, 4.69) is 24.1 Å². The average Bonchev–Trinajstić information content (AvgIpc) is 2.17. The third kappa shape index (κ3) is 3.60. The second kappa shape index (κ2) is 6.00. The van der Waals surface area contributed by atoms with E-state index in [0.717, 1.165) is 10.7 Å². The fourth-order valence-corrected chi connectivity index (χ4v) is 1.96. The quantitative estimate of drug-likeness (QED) is 0.837. The van der Waals surface area contributed by atoms with Gasteiger partial charge in [-0.05, 0) is 31.5 Å². The predicted octanol–water partition coefficient (Wildman–Crippen LogP) is 4.01. The molecule has 0 spiro atoms. The minimum absolute atomic E-state index is 0.474. The topological polar surface area (TPSA) is 15.3 Å². The van der Waals surface area contributed by atoms with Gasteiger partial charge in [-0.25, -0.2) is 0 Å². The Bertz CT molecular complexity index is 337. The van der Waals surface area contributed by atoms with Crippen molar-refractivity contribution in [3.63, 3.8) is 0 Å². The van der Waals surface area contributed by atoms with E-state index in [9.17, 15) is 0 Å². The van der Waals surface area contributed by atoms with Crippen LogP contribution in [0, 0.1) is 0 Å². The molecular weight excluding hydrogens is 220 g/mol. The smallest absolute Gasteiger partial charge is 0.0597 e. The largest absolute Gasteiger partial charge is 0.381 e. The molecule has 0 saturated heterocycles. The maximum atomic E-state index is 6.02. The molecule has 1 unspecified atom stereocenters. The van der Waals surface area contributed by atoms with Crippen LogP contribution in [0.15, 0.2) is 18.2 Å². The number of hydrogen-bond acceptors (Lipinski definition) is 2. The fraction of sp³-hybridized carbons (Fsp3) is 0.538. The highest BCUT2D eigenvalue weighted by atomic mass is 35.5. The third-order valence-electron chi connectivity index (χ3n) is 2.56. The highest BCUT2D eigenvalue weighted by Gasteiger charge is 2.08. The molecular formula is C13H21ClN2. The summed E-state index contributed by atoms with van der Waals surface area (Å²) in [5.41, 5.74) is 2.28. The van der Waals surface area contributed by atoms with Crippen LogP contribution in [0.2, 0.25) is 5.02 Å². The van der Waals surface area contributed by atoms with Crippen molar-refractivity contribution >= 4 is 23.0 Å². The number of nitrogens with zero attached hydrogens (tertiary/aromatic N) is 1. The maximum Gasteiger partial charge on any atom is 0.0597 e. The van der Waals surface area contributed by atoms with Crippen molar-refractivity contribution in [2.45, 2.75) is 32.7 Å². The number of nitrogens with one attached hydrogen (secondary N) is 1. The Morgan fingerprint density at radius 3 is 2.62 bits per heavy atom. The van der Waals surface area contributed by atoms with Crippen LogP contribution in [0.25, 0.3) is 0 Å². The number of hydrogen-bond donors (Lipinski definition) is 1. The molecule has 0 radical (unpaired) electrons. The van der Waals surface area contributed by atoms with E-state index < -0.39 is 0 Å². The van der Waals surface area contributed by atoms with E-state index in [0.29, 0.717) is 6.04 Å². The normalized spacial score (nSPS) is 12.3. The molecule has 0 amide bonds. The fourth-order valence-electron chi connectivity index (χ4n) is 1.78. The highest BCUT2D eigenvalue weighted by molar-refractivity contribution is 6.31. The molecule has 1 rings (SSSR count). The molecule has 0 fully saturated rings. The van der Waals surface area contributed by atoms with Crippen LogP contribution < -0.4 is 10.2 Å².